The Hall–Kier alpha value is -2.60. The zero-order chi connectivity index (χ0) is 15.2. The molecule has 21 heavy (non-hydrogen) atoms. The maximum Gasteiger partial charge on any atom is 0.311 e. The number of nitrogens with one attached hydrogen (secondary N) is 1. The van der Waals surface area contributed by atoms with E-state index in [1.165, 1.54) is 13.2 Å². The van der Waals surface area contributed by atoms with E-state index in [0.717, 1.165) is 16.8 Å². The molecule has 0 fully saturated rings. The fraction of sp³-hybridized carbons (Fsp3) is 0.200. The molecule has 0 aromatic heterocycles. The van der Waals surface area contributed by atoms with Crippen molar-refractivity contribution in [1.82, 2.24) is 0 Å². The Bertz CT molecular complexity index is 644. The molecule has 3 N–H and O–H groups in total. The number of methoxy groups -OCH3 is 1. The molecule has 110 valence electrons. The summed E-state index contributed by atoms with van der Waals surface area (Å²) in [6.07, 6.45) is 0. The van der Waals surface area contributed by atoms with Crippen molar-refractivity contribution >= 4 is 11.4 Å². The van der Waals surface area contributed by atoms with Crippen molar-refractivity contribution in [3.8, 4) is 5.75 Å². The van der Waals surface area contributed by atoms with E-state index in [4.69, 9.17) is 10.5 Å². The summed E-state index contributed by atoms with van der Waals surface area (Å²) in [6, 6.07) is 12.6. The smallest absolute Gasteiger partial charge is 0.311 e. The van der Waals surface area contributed by atoms with Gasteiger partial charge in [-0.3, -0.25) is 10.1 Å². The maximum absolute atomic E-state index is 10.8. The first-order valence-electron chi connectivity index (χ1n) is 6.49. The summed E-state index contributed by atoms with van der Waals surface area (Å²) in [4.78, 5) is 10.4. The minimum Gasteiger partial charge on any atom is -0.490 e. The second-order valence-corrected chi connectivity index (χ2v) is 4.47. The first-order valence-corrected chi connectivity index (χ1v) is 6.49. The summed E-state index contributed by atoms with van der Waals surface area (Å²) in [5.41, 5.74) is 8.56. The first-order chi connectivity index (χ1) is 10.2. The van der Waals surface area contributed by atoms with Crippen LogP contribution < -0.4 is 15.8 Å². The van der Waals surface area contributed by atoms with Gasteiger partial charge in [-0.25, -0.2) is 0 Å². The molecule has 0 aliphatic rings. The number of ether oxygens (including phenoxy) is 1. The molecular weight excluding hydrogens is 270 g/mol. The normalized spacial score (nSPS) is 10.2. The molecule has 0 saturated heterocycles. The molecule has 0 aliphatic heterocycles. The third-order valence-electron chi connectivity index (χ3n) is 3.20. The van der Waals surface area contributed by atoms with Gasteiger partial charge in [0.15, 0.2) is 5.75 Å². The number of hydrogen-bond acceptors (Lipinski definition) is 5. The van der Waals surface area contributed by atoms with Crippen LogP contribution in [0.15, 0.2) is 42.5 Å². The number of benzene rings is 2. The molecule has 0 spiro atoms. The van der Waals surface area contributed by atoms with E-state index in [2.05, 4.69) is 5.32 Å². The lowest BCUT2D eigenvalue weighted by Gasteiger charge is -2.11. The van der Waals surface area contributed by atoms with E-state index in [1.54, 1.807) is 12.1 Å². The van der Waals surface area contributed by atoms with Crippen molar-refractivity contribution in [1.29, 1.82) is 0 Å². The molecule has 2 aromatic carbocycles. The number of nitro benzene ring substituents is 1. The van der Waals surface area contributed by atoms with E-state index >= 15 is 0 Å². The van der Waals surface area contributed by atoms with Crippen molar-refractivity contribution in [2.24, 2.45) is 5.73 Å². The predicted molar refractivity (Wildman–Crippen MR) is 81.3 cm³/mol. The lowest BCUT2D eigenvalue weighted by molar-refractivity contribution is -0.385. The number of nitrogens with zero attached hydrogens (tertiary/aromatic N) is 1. The third kappa shape index (κ3) is 3.49. The highest BCUT2D eigenvalue weighted by atomic mass is 16.6. The van der Waals surface area contributed by atoms with Crippen molar-refractivity contribution in [2.75, 3.05) is 12.4 Å². The molecule has 0 saturated carbocycles. The largest absolute Gasteiger partial charge is 0.490 e. The first kappa shape index (κ1) is 14.8. The van der Waals surface area contributed by atoms with E-state index in [0.29, 0.717) is 13.1 Å². The second kappa shape index (κ2) is 6.71. The zero-order valence-electron chi connectivity index (χ0n) is 11.7. The lowest BCUT2D eigenvalue weighted by atomic mass is 10.1. The minimum absolute atomic E-state index is 0.0505. The van der Waals surface area contributed by atoms with Crippen molar-refractivity contribution in [3.63, 3.8) is 0 Å². The number of rotatable bonds is 6. The highest BCUT2D eigenvalue weighted by Gasteiger charge is 2.14. The Kier molecular flexibility index (Phi) is 4.73. The third-order valence-corrected chi connectivity index (χ3v) is 3.20. The van der Waals surface area contributed by atoms with E-state index in [9.17, 15) is 10.1 Å². The summed E-state index contributed by atoms with van der Waals surface area (Å²) in [6.45, 7) is 1.07. The van der Waals surface area contributed by atoms with Gasteiger partial charge < -0.3 is 15.8 Å². The van der Waals surface area contributed by atoms with Gasteiger partial charge in [0.2, 0.25) is 0 Å². The van der Waals surface area contributed by atoms with Gasteiger partial charge in [0.05, 0.1) is 12.0 Å². The fourth-order valence-electron chi connectivity index (χ4n) is 2.06. The van der Waals surface area contributed by atoms with Crippen molar-refractivity contribution in [3.05, 3.63) is 63.7 Å². The van der Waals surface area contributed by atoms with Gasteiger partial charge in [-0.15, -0.1) is 0 Å². The van der Waals surface area contributed by atoms with Gasteiger partial charge in [0, 0.05) is 30.9 Å². The zero-order valence-corrected chi connectivity index (χ0v) is 11.7. The average molecular weight is 287 g/mol. The molecule has 0 heterocycles. The molecule has 2 rings (SSSR count). The Labute approximate surface area is 122 Å². The van der Waals surface area contributed by atoms with Gasteiger partial charge in [-0.2, -0.15) is 0 Å². The lowest BCUT2D eigenvalue weighted by Crippen LogP contribution is -2.06. The highest BCUT2D eigenvalue weighted by Crippen LogP contribution is 2.29. The molecule has 0 radical (unpaired) electrons. The van der Waals surface area contributed by atoms with Crippen LogP contribution in [0.1, 0.15) is 11.1 Å². The Morgan fingerprint density at radius 1 is 1.24 bits per heavy atom. The topological polar surface area (TPSA) is 90.4 Å². The number of anilines is 1. The highest BCUT2D eigenvalue weighted by molar-refractivity contribution is 5.58. The van der Waals surface area contributed by atoms with Gasteiger partial charge in [-0.05, 0) is 17.2 Å². The minimum atomic E-state index is -0.466. The Balaban J connectivity index is 2.15. The fourth-order valence-corrected chi connectivity index (χ4v) is 2.06. The average Bonchev–Trinajstić information content (AvgIpc) is 2.52. The van der Waals surface area contributed by atoms with Crippen LogP contribution in [0.5, 0.6) is 5.75 Å². The molecule has 0 bridgehead atoms. The van der Waals surface area contributed by atoms with E-state index in [-0.39, 0.29) is 11.4 Å². The van der Waals surface area contributed by atoms with Crippen LogP contribution >= 0.6 is 0 Å². The molecule has 0 amide bonds. The van der Waals surface area contributed by atoms with Gasteiger partial charge in [-0.1, -0.05) is 24.3 Å². The molecular formula is C15H17N3O3. The van der Waals surface area contributed by atoms with Crippen LogP contribution in [0.4, 0.5) is 11.4 Å². The molecule has 0 aliphatic carbocycles. The molecule has 6 nitrogen and oxygen atoms in total. The van der Waals surface area contributed by atoms with Crippen LogP contribution in [0.3, 0.4) is 0 Å². The van der Waals surface area contributed by atoms with Crippen LogP contribution in [0.2, 0.25) is 0 Å². The summed E-state index contributed by atoms with van der Waals surface area (Å²) in [5, 5.41) is 14.1. The summed E-state index contributed by atoms with van der Waals surface area (Å²) >= 11 is 0. The Morgan fingerprint density at radius 3 is 2.57 bits per heavy atom. The Morgan fingerprint density at radius 2 is 1.95 bits per heavy atom. The summed E-state index contributed by atoms with van der Waals surface area (Å²) in [7, 11) is 1.41. The predicted octanol–water partition coefficient (Wildman–Crippen LogP) is 2.67. The summed E-state index contributed by atoms with van der Waals surface area (Å²) < 4.78 is 5.04. The summed E-state index contributed by atoms with van der Waals surface area (Å²) in [5.74, 6) is 0.233. The van der Waals surface area contributed by atoms with E-state index < -0.39 is 4.92 Å². The van der Waals surface area contributed by atoms with Crippen LogP contribution in [0.25, 0.3) is 0 Å². The monoisotopic (exact) mass is 287 g/mol. The second-order valence-electron chi connectivity index (χ2n) is 4.47. The SMILES string of the molecule is COc1cc(NCc2ccccc2CN)ccc1[N+](=O)[O-]. The standard InChI is InChI=1S/C15H17N3O3/c1-21-15-8-13(6-7-14(15)18(19)20)17-10-12-5-3-2-4-11(12)9-16/h2-8,17H,9-10,16H2,1H3. The number of nitrogens with two attached hydrogens (primary N) is 1. The van der Waals surface area contributed by atoms with Gasteiger partial charge >= 0.3 is 5.69 Å². The van der Waals surface area contributed by atoms with Gasteiger partial charge in [0.1, 0.15) is 0 Å². The van der Waals surface area contributed by atoms with Crippen LogP contribution in [-0.2, 0) is 13.1 Å². The van der Waals surface area contributed by atoms with Crippen LogP contribution in [0, 0.1) is 10.1 Å². The molecule has 0 atom stereocenters. The number of nitro groups is 1. The molecule has 0 unspecified atom stereocenters. The number of hydrogen-bond donors (Lipinski definition) is 2. The van der Waals surface area contributed by atoms with Crippen molar-refractivity contribution in [2.45, 2.75) is 13.1 Å². The van der Waals surface area contributed by atoms with Crippen LogP contribution in [-0.4, -0.2) is 12.0 Å². The molecule has 2 aromatic rings. The quantitative estimate of drug-likeness (QED) is 0.629. The maximum atomic E-state index is 10.8. The van der Waals surface area contributed by atoms with Gasteiger partial charge in [0.25, 0.3) is 0 Å². The van der Waals surface area contributed by atoms with Crippen molar-refractivity contribution < 1.29 is 9.66 Å². The van der Waals surface area contributed by atoms with E-state index in [1.807, 2.05) is 24.3 Å². The molecule has 6 heteroatoms.